The molecule has 3 rings (SSSR count). The standard InChI is InChI=1S/C14H19FN2O4S2/c15-12-1-3-14(4-2-12)23(20,21)17-8-6-16(7-9-17)13-5-10-22(18,19)11-13/h1-4,13H,5-11H2/p+1/t13-/m1/s1. The highest BCUT2D eigenvalue weighted by atomic mass is 32.2. The maximum atomic E-state index is 12.9. The minimum atomic E-state index is -3.61. The maximum Gasteiger partial charge on any atom is 0.243 e. The molecule has 0 saturated carbocycles. The van der Waals surface area contributed by atoms with Crippen LogP contribution in [0.25, 0.3) is 0 Å². The first kappa shape index (κ1) is 16.8. The molecule has 2 fully saturated rings. The van der Waals surface area contributed by atoms with Crippen LogP contribution in [-0.4, -0.2) is 64.9 Å². The summed E-state index contributed by atoms with van der Waals surface area (Å²) in [7, 11) is -6.54. The second-order valence-electron chi connectivity index (χ2n) is 6.12. The molecule has 2 heterocycles. The normalized spacial score (nSPS) is 26.4. The number of sulfone groups is 1. The van der Waals surface area contributed by atoms with Gasteiger partial charge in [0.05, 0.1) is 36.8 Å². The molecule has 0 aliphatic carbocycles. The number of benzene rings is 1. The summed E-state index contributed by atoms with van der Waals surface area (Å²) >= 11 is 0. The van der Waals surface area contributed by atoms with E-state index in [2.05, 4.69) is 0 Å². The van der Waals surface area contributed by atoms with Crippen LogP contribution in [0.4, 0.5) is 4.39 Å². The van der Waals surface area contributed by atoms with Crippen LogP contribution in [0.3, 0.4) is 0 Å². The first-order valence-corrected chi connectivity index (χ1v) is 10.8. The van der Waals surface area contributed by atoms with Gasteiger partial charge in [0.2, 0.25) is 10.0 Å². The molecule has 0 bridgehead atoms. The summed E-state index contributed by atoms with van der Waals surface area (Å²) in [6, 6.07) is 4.90. The molecular weight excluding hydrogens is 343 g/mol. The van der Waals surface area contributed by atoms with E-state index >= 15 is 0 Å². The molecule has 1 N–H and O–H groups in total. The molecule has 2 saturated heterocycles. The van der Waals surface area contributed by atoms with E-state index in [0.717, 1.165) is 17.0 Å². The molecular formula is C14H20FN2O4S2+. The van der Waals surface area contributed by atoms with Crippen LogP contribution in [0.15, 0.2) is 29.2 Å². The third-order valence-corrected chi connectivity index (χ3v) is 8.31. The van der Waals surface area contributed by atoms with Gasteiger partial charge >= 0.3 is 0 Å². The zero-order chi connectivity index (χ0) is 16.7. The number of hydrogen-bond acceptors (Lipinski definition) is 4. The SMILES string of the molecule is O=S1(=O)CC[C@@H]([NH+]2CCN(S(=O)(=O)c3ccc(F)cc3)CC2)C1. The van der Waals surface area contributed by atoms with Gasteiger partial charge in [-0.2, -0.15) is 4.31 Å². The van der Waals surface area contributed by atoms with E-state index in [1.807, 2.05) is 0 Å². The molecule has 6 nitrogen and oxygen atoms in total. The molecule has 1 aromatic rings. The molecule has 1 aromatic carbocycles. The maximum absolute atomic E-state index is 12.9. The summed E-state index contributed by atoms with van der Waals surface area (Å²) in [5.41, 5.74) is 0. The summed E-state index contributed by atoms with van der Waals surface area (Å²) in [6.45, 7) is 1.90. The van der Waals surface area contributed by atoms with Crippen molar-refractivity contribution in [2.45, 2.75) is 17.4 Å². The minimum absolute atomic E-state index is 0.0793. The number of nitrogens with zero attached hydrogens (tertiary/aromatic N) is 1. The van der Waals surface area contributed by atoms with Crippen molar-refractivity contribution >= 4 is 19.9 Å². The van der Waals surface area contributed by atoms with Gasteiger partial charge in [-0.1, -0.05) is 0 Å². The van der Waals surface area contributed by atoms with Crippen molar-refractivity contribution in [3.8, 4) is 0 Å². The van der Waals surface area contributed by atoms with Gasteiger partial charge in [0.15, 0.2) is 9.84 Å². The molecule has 0 aromatic heterocycles. The topological polar surface area (TPSA) is 76.0 Å². The number of nitrogens with one attached hydrogen (secondary N) is 1. The quantitative estimate of drug-likeness (QED) is 0.740. The number of hydrogen-bond donors (Lipinski definition) is 1. The average molecular weight is 363 g/mol. The molecule has 1 atom stereocenters. The van der Waals surface area contributed by atoms with Crippen molar-refractivity contribution < 1.29 is 26.1 Å². The van der Waals surface area contributed by atoms with E-state index < -0.39 is 25.7 Å². The minimum Gasteiger partial charge on any atom is -0.329 e. The monoisotopic (exact) mass is 363 g/mol. The first-order valence-electron chi connectivity index (χ1n) is 7.59. The highest BCUT2D eigenvalue weighted by molar-refractivity contribution is 7.91. The van der Waals surface area contributed by atoms with Crippen LogP contribution in [0, 0.1) is 5.82 Å². The third kappa shape index (κ3) is 3.57. The van der Waals surface area contributed by atoms with Crippen LogP contribution in [0.5, 0.6) is 0 Å². The average Bonchev–Trinajstić information content (AvgIpc) is 2.88. The predicted octanol–water partition coefficient (Wildman–Crippen LogP) is -1.10. The Kier molecular flexibility index (Phi) is 4.47. The van der Waals surface area contributed by atoms with E-state index in [4.69, 9.17) is 0 Å². The molecule has 9 heteroatoms. The fourth-order valence-electron chi connectivity index (χ4n) is 3.29. The first-order chi connectivity index (χ1) is 10.8. The van der Waals surface area contributed by atoms with E-state index in [1.54, 1.807) is 0 Å². The Morgan fingerprint density at radius 2 is 1.74 bits per heavy atom. The number of piperazine rings is 1. The van der Waals surface area contributed by atoms with Crippen molar-refractivity contribution in [2.75, 3.05) is 37.7 Å². The predicted molar refractivity (Wildman–Crippen MR) is 82.9 cm³/mol. The molecule has 0 amide bonds. The molecule has 0 radical (unpaired) electrons. The lowest BCUT2D eigenvalue weighted by atomic mass is 10.2. The van der Waals surface area contributed by atoms with E-state index in [-0.39, 0.29) is 22.4 Å². The molecule has 0 spiro atoms. The van der Waals surface area contributed by atoms with Crippen LogP contribution in [0.1, 0.15) is 6.42 Å². The summed E-state index contributed by atoms with van der Waals surface area (Å²) in [4.78, 5) is 1.25. The highest BCUT2D eigenvalue weighted by Crippen LogP contribution is 2.16. The van der Waals surface area contributed by atoms with Crippen LogP contribution < -0.4 is 4.90 Å². The van der Waals surface area contributed by atoms with Gasteiger partial charge in [-0.15, -0.1) is 0 Å². The number of rotatable bonds is 3. The molecule has 2 aliphatic heterocycles. The summed E-state index contributed by atoms with van der Waals surface area (Å²) < 4.78 is 62.5. The second kappa shape index (κ2) is 6.12. The Hall–Kier alpha value is -1.03. The number of halogens is 1. The molecule has 0 unspecified atom stereocenters. The smallest absolute Gasteiger partial charge is 0.243 e. The van der Waals surface area contributed by atoms with Gasteiger partial charge in [0.1, 0.15) is 17.6 Å². The van der Waals surface area contributed by atoms with Crippen LogP contribution in [0.2, 0.25) is 0 Å². The zero-order valence-electron chi connectivity index (χ0n) is 12.6. The second-order valence-corrected chi connectivity index (χ2v) is 10.3. The van der Waals surface area contributed by atoms with Crippen molar-refractivity contribution in [3.05, 3.63) is 30.1 Å². The van der Waals surface area contributed by atoms with Crippen LogP contribution in [-0.2, 0) is 19.9 Å². The van der Waals surface area contributed by atoms with Gasteiger partial charge in [-0.25, -0.2) is 21.2 Å². The fourth-order valence-corrected chi connectivity index (χ4v) is 6.56. The van der Waals surface area contributed by atoms with Crippen molar-refractivity contribution in [2.24, 2.45) is 0 Å². The van der Waals surface area contributed by atoms with Gasteiger partial charge in [0.25, 0.3) is 0 Å². The van der Waals surface area contributed by atoms with E-state index in [1.165, 1.54) is 16.4 Å². The summed E-state index contributed by atoms with van der Waals surface area (Å²) in [6.07, 6.45) is 0.655. The Balaban J connectivity index is 1.65. The number of sulfonamides is 1. The van der Waals surface area contributed by atoms with E-state index in [9.17, 15) is 21.2 Å². The highest BCUT2D eigenvalue weighted by Gasteiger charge is 2.38. The van der Waals surface area contributed by atoms with Gasteiger partial charge in [-0.3, -0.25) is 0 Å². The summed E-state index contributed by atoms with van der Waals surface area (Å²) in [5, 5.41) is 0. The van der Waals surface area contributed by atoms with Crippen molar-refractivity contribution in [1.82, 2.24) is 4.31 Å². The largest absolute Gasteiger partial charge is 0.329 e. The van der Waals surface area contributed by atoms with Gasteiger partial charge < -0.3 is 4.90 Å². The zero-order valence-corrected chi connectivity index (χ0v) is 14.2. The van der Waals surface area contributed by atoms with Gasteiger partial charge in [0, 0.05) is 6.42 Å². The lowest BCUT2D eigenvalue weighted by Gasteiger charge is -2.34. The van der Waals surface area contributed by atoms with E-state index in [0.29, 0.717) is 32.6 Å². The lowest BCUT2D eigenvalue weighted by Crippen LogP contribution is -3.18. The molecule has 2 aliphatic rings. The Morgan fingerprint density at radius 3 is 2.26 bits per heavy atom. The van der Waals surface area contributed by atoms with Crippen molar-refractivity contribution in [3.63, 3.8) is 0 Å². The molecule has 23 heavy (non-hydrogen) atoms. The Labute approximate surface area is 135 Å². The van der Waals surface area contributed by atoms with Gasteiger partial charge in [-0.05, 0) is 24.3 Å². The van der Waals surface area contributed by atoms with Crippen molar-refractivity contribution in [1.29, 1.82) is 0 Å². The van der Waals surface area contributed by atoms with Crippen LogP contribution >= 0.6 is 0 Å². The number of quaternary nitrogens is 1. The Bertz CT molecular complexity index is 770. The Morgan fingerprint density at radius 1 is 1.13 bits per heavy atom. The molecule has 128 valence electrons. The lowest BCUT2D eigenvalue weighted by molar-refractivity contribution is -0.925. The summed E-state index contributed by atoms with van der Waals surface area (Å²) in [5.74, 6) is -0.0353. The third-order valence-electron chi connectivity index (χ3n) is 4.63. The fraction of sp³-hybridized carbons (Fsp3) is 0.571.